The summed E-state index contributed by atoms with van der Waals surface area (Å²) in [5.74, 6) is -0.915. The second kappa shape index (κ2) is 10.8. The van der Waals surface area contributed by atoms with E-state index in [4.69, 9.17) is 4.74 Å². The van der Waals surface area contributed by atoms with E-state index in [0.717, 1.165) is 28.1 Å². The molecule has 1 amide bonds. The normalized spacial score (nSPS) is 13.0. The molecule has 3 aromatic rings. The average Bonchev–Trinajstić information content (AvgIpc) is 3.06. The standard InChI is InChI=1S/C27H31N3O3/c1-18-11-13-23(14-12-18)17-30-21(4)25(20(3)29-30)15-16-26(31)33-22(5)27(32)28-19(2)24-9-7-6-8-10-24/h6-16,19,22H,17H2,1-5H3,(H,28,32)/b16-15-/t19-,22+/m0/s1. The molecule has 0 radical (unpaired) electrons. The number of benzene rings is 2. The Morgan fingerprint density at radius 2 is 1.70 bits per heavy atom. The van der Waals surface area contributed by atoms with E-state index in [1.165, 1.54) is 11.6 Å². The summed E-state index contributed by atoms with van der Waals surface area (Å²) in [7, 11) is 0. The van der Waals surface area contributed by atoms with Crippen LogP contribution in [0.4, 0.5) is 0 Å². The van der Waals surface area contributed by atoms with Gasteiger partial charge in [0.1, 0.15) is 0 Å². The Kier molecular flexibility index (Phi) is 7.83. The Hall–Kier alpha value is -3.67. The second-order valence-corrected chi connectivity index (χ2v) is 8.28. The number of amides is 1. The quantitative estimate of drug-likeness (QED) is 0.404. The zero-order valence-corrected chi connectivity index (χ0v) is 19.8. The third-order valence-corrected chi connectivity index (χ3v) is 5.60. The van der Waals surface area contributed by atoms with E-state index in [1.54, 1.807) is 13.0 Å². The van der Waals surface area contributed by atoms with E-state index < -0.39 is 12.1 Å². The highest BCUT2D eigenvalue weighted by atomic mass is 16.5. The molecule has 2 atom stereocenters. The van der Waals surface area contributed by atoms with Crippen molar-refractivity contribution in [3.8, 4) is 0 Å². The van der Waals surface area contributed by atoms with Gasteiger partial charge in [0.15, 0.2) is 6.10 Å². The summed E-state index contributed by atoms with van der Waals surface area (Å²) < 4.78 is 7.22. The molecular weight excluding hydrogens is 414 g/mol. The number of rotatable bonds is 8. The first-order chi connectivity index (χ1) is 15.7. The molecule has 6 heteroatoms. The van der Waals surface area contributed by atoms with Gasteiger partial charge in [-0.1, -0.05) is 60.2 Å². The Morgan fingerprint density at radius 1 is 1.03 bits per heavy atom. The van der Waals surface area contributed by atoms with Crippen molar-refractivity contribution in [3.05, 3.63) is 94.3 Å². The highest BCUT2D eigenvalue weighted by Gasteiger charge is 2.19. The number of esters is 1. The highest BCUT2D eigenvalue weighted by Crippen LogP contribution is 2.17. The molecule has 1 aromatic heterocycles. The predicted molar refractivity (Wildman–Crippen MR) is 130 cm³/mol. The predicted octanol–water partition coefficient (Wildman–Crippen LogP) is 4.68. The third kappa shape index (κ3) is 6.42. The van der Waals surface area contributed by atoms with Crippen molar-refractivity contribution < 1.29 is 14.3 Å². The molecule has 0 aliphatic carbocycles. The highest BCUT2D eigenvalue weighted by molar-refractivity contribution is 5.90. The summed E-state index contributed by atoms with van der Waals surface area (Å²) in [5.41, 5.74) is 6.01. The first-order valence-electron chi connectivity index (χ1n) is 11.1. The monoisotopic (exact) mass is 445 g/mol. The number of carbonyl (C=O) groups is 2. The summed E-state index contributed by atoms with van der Waals surface area (Å²) in [6.45, 7) is 10.0. The van der Waals surface area contributed by atoms with Gasteiger partial charge in [0.05, 0.1) is 18.3 Å². The maximum absolute atomic E-state index is 12.4. The van der Waals surface area contributed by atoms with Gasteiger partial charge in [-0.25, -0.2) is 4.79 Å². The number of nitrogens with zero attached hydrogens (tertiary/aromatic N) is 2. The molecule has 0 spiro atoms. The zero-order valence-electron chi connectivity index (χ0n) is 19.8. The van der Waals surface area contributed by atoms with E-state index in [-0.39, 0.29) is 11.9 Å². The van der Waals surface area contributed by atoms with Crippen molar-refractivity contribution >= 4 is 18.0 Å². The molecule has 1 N–H and O–H groups in total. The van der Waals surface area contributed by atoms with Gasteiger partial charge in [-0.05, 0) is 51.8 Å². The summed E-state index contributed by atoms with van der Waals surface area (Å²) in [4.78, 5) is 24.7. The van der Waals surface area contributed by atoms with Crippen LogP contribution in [0.1, 0.15) is 53.5 Å². The molecule has 0 bridgehead atoms. The molecule has 172 valence electrons. The van der Waals surface area contributed by atoms with Crippen LogP contribution in [0.5, 0.6) is 0 Å². The van der Waals surface area contributed by atoms with Gasteiger partial charge in [-0.3, -0.25) is 9.48 Å². The maximum atomic E-state index is 12.4. The Labute approximate surface area is 195 Å². The number of nitrogens with one attached hydrogen (secondary N) is 1. The lowest BCUT2D eigenvalue weighted by molar-refractivity contribution is -0.150. The van der Waals surface area contributed by atoms with E-state index in [1.807, 2.05) is 55.8 Å². The Balaban J connectivity index is 1.59. The smallest absolute Gasteiger partial charge is 0.331 e. The Bertz CT molecular complexity index is 1130. The zero-order chi connectivity index (χ0) is 24.0. The van der Waals surface area contributed by atoms with E-state index in [9.17, 15) is 9.59 Å². The molecule has 33 heavy (non-hydrogen) atoms. The lowest BCUT2D eigenvalue weighted by Crippen LogP contribution is -2.37. The van der Waals surface area contributed by atoms with Crippen molar-refractivity contribution in [2.45, 2.75) is 53.3 Å². The minimum atomic E-state index is -0.903. The molecule has 0 saturated carbocycles. The van der Waals surface area contributed by atoms with E-state index in [2.05, 4.69) is 41.6 Å². The van der Waals surface area contributed by atoms with Gasteiger partial charge in [-0.15, -0.1) is 0 Å². The van der Waals surface area contributed by atoms with Gasteiger partial charge in [0.25, 0.3) is 5.91 Å². The topological polar surface area (TPSA) is 73.2 Å². The Morgan fingerprint density at radius 3 is 2.36 bits per heavy atom. The number of aromatic nitrogens is 2. The lowest BCUT2D eigenvalue weighted by atomic mass is 10.1. The molecule has 0 unspecified atom stereocenters. The van der Waals surface area contributed by atoms with E-state index in [0.29, 0.717) is 6.54 Å². The molecular formula is C27H31N3O3. The summed E-state index contributed by atoms with van der Waals surface area (Å²) in [6.07, 6.45) is 2.14. The summed E-state index contributed by atoms with van der Waals surface area (Å²) in [5, 5.41) is 7.48. The van der Waals surface area contributed by atoms with Crippen LogP contribution in [0.3, 0.4) is 0 Å². The lowest BCUT2D eigenvalue weighted by Gasteiger charge is -2.17. The first kappa shape index (κ1) is 24.0. The largest absolute Gasteiger partial charge is 0.449 e. The summed E-state index contributed by atoms with van der Waals surface area (Å²) >= 11 is 0. The van der Waals surface area contributed by atoms with Crippen molar-refractivity contribution in [1.82, 2.24) is 15.1 Å². The van der Waals surface area contributed by atoms with Crippen LogP contribution in [0.2, 0.25) is 0 Å². The molecule has 0 fully saturated rings. The van der Waals surface area contributed by atoms with Gasteiger partial charge in [0.2, 0.25) is 0 Å². The van der Waals surface area contributed by atoms with Crippen molar-refractivity contribution in [2.24, 2.45) is 0 Å². The van der Waals surface area contributed by atoms with Crippen LogP contribution >= 0.6 is 0 Å². The van der Waals surface area contributed by atoms with Crippen LogP contribution in [0.25, 0.3) is 6.08 Å². The van der Waals surface area contributed by atoms with Crippen molar-refractivity contribution in [1.29, 1.82) is 0 Å². The summed E-state index contributed by atoms with van der Waals surface area (Å²) in [6, 6.07) is 17.8. The molecule has 2 aromatic carbocycles. The number of hydrogen-bond acceptors (Lipinski definition) is 4. The van der Waals surface area contributed by atoms with Crippen LogP contribution in [0.15, 0.2) is 60.7 Å². The molecule has 1 heterocycles. The molecule has 3 rings (SSSR count). The fourth-order valence-corrected chi connectivity index (χ4v) is 3.55. The van der Waals surface area contributed by atoms with Gasteiger partial charge in [-0.2, -0.15) is 5.10 Å². The molecule has 0 saturated heterocycles. The van der Waals surface area contributed by atoms with Crippen LogP contribution in [-0.2, 0) is 20.9 Å². The fourth-order valence-electron chi connectivity index (χ4n) is 3.55. The van der Waals surface area contributed by atoms with Crippen LogP contribution in [0, 0.1) is 20.8 Å². The SMILES string of the molecule is Cc1ccc(Cn2nc(C)c(/C=C\C(=O)O[C@H](C)C(=O)N[C@@H](C)c3ccccc3)c2C)cc1. The van der Waals surface area contributed by atoms with Gasteiger partial charge >= 0.3 is 5.97 Å². The number of carbonyl (C=O) groups excluding carboxylic acids is 2. The van der Waals surface area contributed by atoms with Gasteiger partial charge in [0, 0.05) is 17.3 Å². The fraction of sp³-hybridized carbons (Fsp3) is 0.296. The molecule has 6 nitrogen and oxygen atoms in total. The minimum absolute atomic E-state index is 0.180. The molecule has 0 aliphatic rings. The average molecular weight is 446 g/mol. The maximum Gasteiger partial charge on any atom is 0.331 e. The van der Waals surface area contributed by atoms with Crippen molar-refractivity contribution in [2.75, 3.05) is 0 Å². The number of aryl methyl sites for hydroxylation is 2. The third-order valence-electron chi connectivity index (χ3n) is 5.60. The minimum Gasteiger partial charge on any atom is -0.449 e. The van der Waals surface area contributed by atoms with Crippen molar-refractivity contribution in [3.63, 3.8) is 0 Å². The second-order valence-electron chi connectivity index (χ2n) is 8.28. The molecule has 0 aliphatic heterocycles. The van der Waals surface area contributed by atoms with Crippen LogP contribution < -0.4 is 5.32 Å². The van der Waals surface area contributed by atoms with E-state index >= 15 is 0 Å². The van der Waals surface area contributed by atoms with Crippen LogP contribution in [-0.4, -0.2) is 27.8 Å². The number of hydrogen-bond donors (Lipinski definition) is 1. The first-order valence-corrected chi connectivity index (χ1v) is 11.1. The van der Waals surface area contributed by atoms with Gasteiger partial charge < -0.3 is 10.1 Å². The number of ether oxygens (including phenoxy) is 1.